The van der Waals surface area contributed by atoms with E-state index in [4.69, 9.17) is 4.42 Å². The Morgan fingerprint density at radius 1 is 0.950 bits per heavy atom. The Morgan fingerprint density at radius 3 is 2.55 bits per heavy atom. The highest BCUT2D eigenvalue weighted by Crippen LogP contribution is 2.25. The summed E-state index contributed by atoms with van der Waals surface area (Å²) in [6.07, 6.45) is 0. The van der Waals surface area contributed by atoms with Crippen LogP contribution in [0.2, 0.25) is 0 Å². The van der Waals surface area contributed by atoms with E-state index < -0.39 is 0 Å². The Labute approximate surface area is 115 Å². The summed E-state index contributed by atoms with van der Waals surface area (Å²) in [6, 6.07) is 12.2. The number of hydrogen-bond acceptors (Lipinski definition) is 3. The van der Waals surface area contributed by atoms with E-state index in [9.17, 15) is 0 Å². The summed E-state index contributed by atoms with van der Waals surface area (Å²) in [6.45, 7) is 3.92. The van der Waals surface area contributed by atoms with E-state index >= 15 is 0 Å². The molecule has 98 valence electrons. The van der Waals surface area contributed by atoms with Crippen LogP contribution >= 0.6 is 0 Å². The van der Waals surface area contributed by atoms with E-state index in [1.807, 2.05) is 19.1 Å². The number of oxazole rings is 1. The van der Waals surface area contributed by atoms with Crippen LogP contribution in [-0.4, -0.2) is 15.0 Å². The number of aryl methyl sites for hydroxylation is 2. The molecule has 1 N–H and O–H groups in total. The molecular weight excluding hydrogens is 250 g/mol. The predicted molar refractivity (Wildman–Crippen MR) is 78.6 cm³/mol. The Morgan fingerprint density at radius 2 is 1.75 bits per heavy atom. The lowest BCUT2D eigenvalue weighted by Crippen LogP contribution is -1.80. The van der Waals surface area contributed by atoms with Gasteiger partial charge in [0.1, 0.15) is 11.3 Å². The molecule has 0 fully saturated rings. The van der Waals surface area contributed by atoms with Crippen LogP contribution in [-0.2, 0) is 0 Å². The minimum atomic E-state index is 0.673. The average molecular weight is 263 g/mol. The van der Waals surface area contributed by atoms with Gasteiger partial charge in [-0.2, -0.15) is 0 Å². The molecule has 0 saturated carbocycles. The molecule has 0 aliphatic heterocycles. The highest BCUT2D eigenvalue weighted by molar-refractivity contribution is 5.91. The van der Waals surface area contributed by atoms with Gasteiger partial charge in [0.2, 0.25) is 0 Å². The van der Waals surface area contributed by atoms with Crippen molar-refractivity contribution in [3.05, 3.63) is 47.9 Å². The van der Waals surface area contributed by atoms with E-state index in [1.165, 1.54) is 5.56 Å². The highest BCUT2D eigenvalue weighted by atomic mass is 16.3. The van der Waals surface area contributed by atoms with Crippen LogP contribution < -0.4 is 0 Å². The summed E-state index contributed by atoms with van der Waals surface area (Å²) in [7, 11) is 0. The molecule has 2 aromatic heterocycles. The third kappa shape index (κ3) is 1.69. The van der Waals surface area contributed by atoms with Gasteiger partial charge >= 0.3 is 0 Å². The molecule has 2 aromatic carbocycles. The maximum absolute atomic E-state index is 5.55. The second-order valence-electron chi connectivity index (χ2n) is 5.02. The lowest BCUT2D eigenvalue weighted by atomic mass is 10.1. The summed E-state index contributed by atoms with van der Waals surface area (Å²) in [5.41, 5.74) is 5.81. The van der Waals surface area contributed by atoms with Crippen molar-refractivity contribution in [3.63, 3.8) is 0 Å². The van der Waals surface area contributed by atoms with Gasteiger partial charge in [0.25, 0.3) is 0 Å². The second kappa shape index (κ2) is 3.93. The molecule has 0 spiro atoms. The first-order chi connectivity index (χ1) is 9.69. The van der Waals surface area contributed by atoms with Gasteiger partial charge < -0.3 is 9.40 Å². The third-order valence-electron chi connectivity index (χ3n) is 3.42. The zero-order valence-corrected chi connectivity index (χ0v) is 11.3. The van der Waals surface area contributed by atoms with Crippen molar-refractivity contribution in [2.24, 2.45) is 0 Å². The van der Waals surface area contributed by atoms with Crippen LogP contribution in [0.3, 0.4) is 0 Å². The Kier molecular flexibility index (Phi) is 2.21. The zero-order valence-electron chi connectivity index (χ0n) is 11.3. The van der Waals surface area contributed by atoms with Crippen molar-refractivity contribution in [2.45, 2.75) is 13.8 Å². The number of fused-ring (bicyclic) bond motifs is 2. The summed E-state index contributed by atoms with van der Waals surface area (Å²) >= 11 is 0. The van der Waals surface area contributed by atoms with Crippen molar-refractivity contribution in [1.29, 1.82) is 0 Å². The summed E-state index contributed by atoms with van der Waals surface area (Å²) in [4.78, 5) is 12.3. The first-order valence-corrected chi connectivity index (χ1v) is 6.53. The lowest BCUT2D eigenvalue weighted by Gasteiger charge is -1.96. The fourth-order valence-electron chi connectivity index (χ4n) is 2.39. The molecule has 0 amide bonds. The maximum atomic E-state index is 5.55. The number of nitrogens with zero attached hydrogens (tertiary/aromatic N) is 2. The van der Waals surface area contributed by atoms with Crippen LogP contribution in [0.5, 0.6) is 0 Å². The number of rotatable bonds is 1. The molecule has 0 bridgehead atoms. The standard InChI is InChI=1S/C16H13N3O/c1-9-3-5-11(6-4-9)16-18-12-7-14-15(8-13(12)19-16)20-10(2)17-14/h3-8H,1-2H3,(H,18,19). The zero-order chi connectivity index (χ0) is 13.7. The number of H-pyrrole nitrogens is 1. The third-order valence-corrected chi connectivity index (χ3v) is 3.42. The number of benzene rings is 2. The molecular formula is C16H13N3O. The van der Waals surface area contributed by atoms with Gasteiger partial charge in [0.05, 0.1) is 11.0 Å². The number of imidazole rings is 1. The highest BCUT2D eigenvalue weighted by Gasteiger charge is 2.09. The van der Waals surface area contributed by atoms with E-state index in [0.29, 0.717) is 5.89 Å². The molecule has 4 rings (SSSR count). The summed E-state index contributed by atoms with van der Waals surface area (Å²) in [5, 5.41) is 0. The molecule has 4 heteroatoms. The monoisotopic (exact) mass is 263 g/mol. The van der Waals surface area contributed by atoms with Crippen LogP contribution in [0.25, 0.3) is 33.5 Å². The van der Waals surface area contributed by atoms with Gasteiger partial charge in [-0.3, -0.25) is 0 Å². The van der Waals surface area contributed by atoms with Gasteiger partial charge in [0.15, 0.2) is 11.5 Å². The normalized spacial score (nSPS) is 11.5. The molecule has 0 aliphatic carbocycles. The summed E-state index contributed by atoms with van der Waals surface area (Å²) < 4.78 is 5.55. The maximum Gasteiger partial charge on any atom is 0.192 e. The van der Waals surface area contributed by atoms with Crippen molar-refractivity contribution >= 4 is 22.1 Å². The lowest BCUT2D eigenvalue weighted by molar-refractivity contribution is 0.561. The van der Waals surface area contributed by atoms with Crippen LogP contribution in [0.4, 0.5) is 0 Å². The smallest absolute Gasteiger partial charge is 0.192 e. The first kappa shape index (κ1) is 11.2. The van der Waals surface area contributed by atoms with E-state index in [0.717, 1.165) is 33.5 Å². The molecule has 0 unspecified atom stereocenters. The second-order valence-corrected chi connectivity index (χ2v) is 5.02. The van der Waals surface area contributed by atoms with Gasteiger partial charge in [-0.15, -0.1) is 0 Å². The van der Waals surface area contributed by atoms with Crippen LogP contribution in [0, 0.1) is 13.8 Å². The molecule has 4 aromatic rings. The van der Waals surface area contributed by atoms with Gasteiger partial charge in [0, 0.05) is 18.6 Å². The molecule has 0 atom stereocenters. The SMILES string of the molecule is Cc1ccc(-c2nc3cc4nc(C)oc4cc3[nH]2)cc1. The minimum absolute atomic E-state index is 0.673. The van der Waals surface area contributed by atoms with Crippen molar-refractivity contribution in [3.8, 4) is 11.4 Å². The largest absolute Gasteiger partial charge is 0.441 e. The predicted octanol–water partition coefficient (Wildman–Crippen LogP) is 3.99. The average Bonchev–Trinajstić information content (AvgIpc) is 2.97. The molecule has 0 aliphatic rings. The van der Waals surface area contributed by atoms with Crippen molar-refractivity contribution < 1.29 is 4.42 Å². The van der Waals surface area contributed by atoms with Gasteiger partial charge in [-0.05, 0) is 13.0 Å². The Hall–Kier alpha value is -2.62. The minimum Gasteiger partial charge on any atom is -0.441 e. The molecule has 0 saturated heterocycles. The van der Waals surface area contributed by atoms with E-state index in [2.05, 4.69) is 46.1 Å². The number of nitrogens with one attached hydrogen (secondary N) is 1. The van der Waals surface area contributed by atoms with Crippen molar-refractivity contribution in [2.75, 3.05) is 0 Å². The fourth-order valence-corrected chi connectivity index (χ4v) is 2.39. The molecule has 20 heavy (non-hydrogen) atoms. The summed E-state index contributed by atoms with van der Waals surface area (Å²) in [5.74, 6) is 1.54. The van der Waals surface area contributed by atoms with Gasteiger partial charge in [-0.1, -0.05) is 29.8 Å². The molecule has 0 radical (unpaired) electrons. The van der Waals surface area contributed by atoms with Crippen LogP contribution in [0.1, 0.15) is 11.5 Å². The van der Waals surface area contributed by atoms with E-state index in [1.54, 1.807) is 0 Å². The Bertz CT molecular complexity index is 865. The van der Waals surface area contributed by atoms with Crippen LogP contribution in [0.15, 0.2) is 40.8 Å². The first-order valence-electron chi connectivity index (χ1n) is 6.53. The number of aromatic amines is 1. The molecule has 2 heterocycles. The van der Waals surface area contributed by atoms with Gasteiger partial charge in [-0.25, -0.2) is 9.97 Å². The quantitative estimate of drug-likeness (QED) is 0.565. The number of hydrogen-bond donors (Lipinski definition) is 1. The molecule has 4 nitrogen and oxygen atoms in total. The van der Waals surface area contributed by atoms with Crippen molar-refractivity contribution in [1.82, 2.24) is 15.0 Å². The van der Waals surface area contributed by atoms with E-state index in [-0.39, 0.29) is 0 Å². The topological polar surface area (TPSA) is 54.7 Å². The number of aromatic nitrogens is 3. The fraction of sp³-hybridized carbons (Fsp3) is 0.125. The Balaban J connectivity index is 1.91.